The number of hydrogen-bond donors (Lipinski definition) is 2. The Morgan fingerprint density at radius 3 is 2.29 bits per heavy atom. The van der Waals surface area contributed by atoms with Crippen molar-refractivity contribution in [2.75, 3.05) is 26.1 Å². The molecule has 0 aromatic heterocycles. The molecule has 1 aliphatic rings. The minimum absolute atomic E-state index is 0.506. The van der Waals surface area contributed by atoms with Crippen LogP contribution in [0.3, 0.4) is 0 Å². The maximum absolute atomic E-state index is 10.7. The van der Waals surface area contributed by atoms with Crippen molar-refractivity contribution in [3.63, 3.8) is 0 Å². The fraction of sp³-hybridized carbons (Fsp3) is 0.625. The van der Waals surface area contributed by atoms with Gasteiger partial charge in [0.05, 0.1) is 30.5 Å². The van der Waals surface area contributed by atoms with E-state index in [0.717, 1.165) is 31.4 Å². The third-order valence-electron chi connectivity index (χ3n) is 4.12. The van der Waals surface area contributed by atoms with Crippen molar-refractivity contribution in [3.05, 3.63) is 17.2 Å². The van der Waals surface area contributed by atoms with Crippen LogP contribution in [0.5, 0.6) is 11.5 Å². The molecule has 0 spiro atoms. The van der Waals surface area contributed by atoms with E-state index in [0.29, 0.717) is 23.1 Å². The van der Waals surface area contributed by atoms with Crippen LogP contribution in [0.4, 0.5) is 5.69 Å². The summed E-state index contributed by atoms with van der Waals surface area (Å²) in [5.41, 5.74) is 0.134. The van der Waals surface area contributed by atoms with Crippen LogP contribution >= 0.6 is 11.6 Å². The predicted octanol–water partition coefficient (Wildman–Crippen LogP) is 3.85. The topological polar surface area (TPSA) is 50.7 Å². The minimum atomic E-state index is -0.645. The van der Waals surface area contributed by atoms with E-state index >= 15 is 0 Å². The first kappa shape index (κ1) is 16.2. The van der Waals surface area contributed by atoms with Gasteiger partial charge >= 0.3 is 0 Å². The molecule has 1 aromatic rings. The van der Waals surface area contributed by atoms with Gasteiger partial charge in [-0.3, -0.25) is 0 Å². The number of hydrogen-bond acceptors (Lipinski definition) is 4. The number of benzene rings is 1. The first-order valence-corrected chi connectivity index (χ1v) is 7.83. The SMILES string of the molecule is COc1cc(OC)c(NCC2(O)CCCCCC2)cc1Cl. The Kier molecular flexibility index (Phi) is 5.59. The van der Waals surface area contributed by atoms with Gasteiger partial charge in [-0.05, 0) is 18.9 Å². The largest absolute Gasteiger partial charge is 0.495 e. The lowest BCUT2D eigenvalue weighted by atomic mass is 9.94. The van der Waals surface area contributed by atoms with Crippen LogP contribution in [0.2, 0.25) is 5.02 Å². The summed E-state index contributed by atoms with van der Waals surface area (Å²) in [5, 5.41) is 14.5. The molecule has 0 radical (unpaired) electrons. The smallest absolute Gasteiger partial charge is 0.145 e. The van der Waals surface area contributed by atoms with E-state index in [-0.39, 0.29) is 0 Å². The number of rotatable bonds is 5. The number of aliphatic hydroxyl groups is 1. The quantitative estimate of drug-likeness (QED) is 0.811. The van der Waals surface area contributed by atoms with Gasteiger partial charge in [0.1, 0.15) is 11.5 Å². The maximum Gasteiger partial charge on any atom is 0.145 e. The van der Waals surface area contributed by atoms with Crippen LogP contribution in [0.15, 0.2) is 12.1 Å². The maximum atomic E-state index is 10.7. The van der Waals surface area contributed by atoms with Crippen LogP contribution in [0.25, 0.3) is 0 Å². The molecule has 0 bridgehead atoms. The highest BCUT2D eigenvalue weighted by atomic mass is 35.5. The summed E-state index contributed by atoms with van der Waals surface area (Å²) in [6, 6.07) is 3.53. The lowest BCUT2D eigenvalue weighted by Gasteiger charge is -2.28. The minimum Gasteiger partial charge on any atom is -0.495 e. The summed E-state index contributed by atoms with van der Waals surface area (Å²) < 4.78 is 10.5. The molecule has 0 saturated heterocycles. The normalized spacial score (nSPS) is 17.9. The molecule has 0 atom stereocenters. The molecule has 1 aliphatic carbocycles. The molecule has 0 heterocycles. The van der Waals surface area contributed by atoms with E-state index in [1.54, 1.807) is 26.4 Å². The Morgan fingerprint density at radius 1 is 1.10 bits per heavy atom. The van der Waals surface area contributed by atoms with Crippen molar-refractivity contribution >= 4 is 17.3 Å². The molecular formula is C16H24ClNO3. The van der Waals surface area contributed by atoms with Crippen molar-refractivity contribution in [3.8, 4) is 11.5 Å². The van der Waals surface area contributed by atoms with Gasteiger partial charge in [0.25, 0.3) is 0 Å². The molecule has 1 fully saturated rings. The van der Waals surface area contributed by atoms with Gasteiger partial charge < -0.3 is 19.9 Å². The van der Waals surface area contributed by atoms with E-state index in [1.807, 2.05) is 0 Å². The molecule has 0 aliphatic heterocycles. The molecule has 0 unspecified atom stereocenters. The van der Waals surface area contributed by atoms with Gasteiger partial charge in [-0.1, -0.05) is 37.3 Å². The highest BCUT2D eigenvalue weighted by Gasteiger charge is 2.28. The summed E-state index contributed by atoms with van der Waals surface area (Å²) in [4.78, 5) is 0. The second-order valence-corrected chi connectivity index (χ2v) is 6.09. The molecular weight excluding hydrogens is 290 g/mol. The van der Waals surface area contributed by atoms with E-state index in [9.17, 15) is 5.11 Å². The monoisotopic (exact) mass is 313 g/mol. The number of methoxy groups -OCH3 is 2. The average Bonchev–Trinajstić information content (AvgIpc) is 2.70. The standard InChI is InChI=1S/C16H24ClNO3/c1-20-14-10-15(21-2)13(9-12(14)17)18-11-16(19)7-5-3-4-6-8-16/h9-10,18-19H,3-8,11H2,1-2H3. The highest BCUT2D eigenvalue weighted by molar-refractivity contribution is 6.32. The Morgan fingerprint density at radius 2 is 1.71 bits per heavy atom. The van der Waals surface area contributed by atoms with Crippen molar-refractivity contribution in [2.45, 2.75) is 44.1 Å². The van der Waals surface area contributed by atoms with Crippen LogP contribution in [0, 0.1) is 0 Å². The number of anilines is 1. The Labute approximate surface area is 131 Å². The number of nitrogens with one attached hydrogen (secondary N) is 1. The van der Waals surface area contributed by atoms with Gasteiger partial charge in [-0.15, -0.1) is 0 Å². The molecule has 2 rings (SSSR count). The van der Waals surface area contributed by atoms with E-state index in [2.05, 4.69) is 5.32 Å². The molecule has 0 amide bonds. The molecule has 5 heteroatoms. The zero-order chi connectivity index (χ0) is 15.3. The molecule has 4 nitrogen and oxygen atoms in total. The predicted molar refractivity (Wildman–Crippen MR) is 85.7 cm³/mol. The van der Waals surface area contributed by atoms with Gasteiger partial charge in [0.2, 0.25) is 0 Å². The Hall–Kier alpha value is -1.13. The fourth-order valence-electron chi connectivity index (χ4n) is 2.82. The Bertz CT molecular complexity index is 471. The Balaban J connectivity index is 2.09. The van der Waals surface area contributed by atoms with Crippen molar-refractivity contribution in [1.82, 2.24) is 0 Å². The van der Waals surface area contributed by atoms with Crippen molar-refractivity contribution < 1.29 is 14.6 Å². The second-order valence-electron chi connectivity index (χ2n) is 5.68. The first-order chi connectivity index (χ1) is 10.1. The van der Waals surface area contributed by atoms with Gasteiger partial charge in [-0.2, -0.15) is 0 Å². The van der Waals surface area contributed by atoms with Crippen LogP contribution in [0.1, 0.15) is 38.5 Å². The average molecular weight is 314 g/mol. The van der Waals surface area contributed by atoms with E-state index in [1.165, 1.54) is 12.8 Å². The van der Waals surface area contributed by atoms with Crippen LogP contribution in [-0.4, -0.2) is 31.5 Å². The number of halogens is 1. The van der Waals surface area contributed by atoms with Crippen LogP contribution < -0.4 is 14.8 Å². The summed E-state index contributed by atoms with van der Waals surface area (Å²) in [7, 11) is 3.18. The second kappa shape index (κ2) is 7.23. The molecule has 21 heavy (non-hydrogen) atoms. The lowest BCUT2D eigenvalue weighted by Crippen LogP contribution is -2.36. The number of ether oxygens (including phenoxy) is 2. The summed E-state index contributed by atoms with van der Waals surface area (Å²) in [6.07, 6.45) is 6.26. The van der Waals surface area contributed by atoms with Crippen LogP contribution in [-0.2, 0) is 0 Å². The van der Waals surface area contributed by atoms with E-state index < -0.39 is 5.60 Å². The molecule has 1 saturated carbocycles. The van der Waals surface area contributed by atoms with Gasteiger partial charge in [0, 0.05) is 12.6 Å². The first-order valence-electron chi connectivity index (χ1n) is 7.46. The van der Waals surface area contributed by atoms with Gasteiger partial charge in [-0.25, -0.2) is 0 Å². The molecule has 1 aromatic carbocycles. The van der Waals surface area contributed by atoms with E-state index in [4.69, 9.17) is 21.1 Å². The van der Waals surface area contributed by atoms with Crippen molar-refractivity contribution in [1.29, 1.82) is 0 Å². The third-order valence-corrected chi connectivity index (χ3v) is 4.41. The zero-order valence-electron chi connectivity index (χ0n) is 12.7. The molecule has 118 valence electrons. The lowest BCUT2D eigenvalue weighted by molar-refractivity contribution is 0.0381. The highest BCUT2D eigenvalue weighted by Crippen LogP contribution is 2.36. The van der Waals surface area contributed by atoms with Crippen molar-refractivity contribution in [2.24, 2.45) is 0 Å². The summed E-state index contributed by atoms with van der Waals surface area (Å²) in [5.74, 6) is 1.24. The summed E-state index contributed by atoms with van der Waals surface area (Å²) in [6.45, 7) is 0.506. The fourth-order valence-corrected chi connectivity index (χ4v) is 3.06. The molecule has 2 N–H and O–H groups in total. The zero-order valence-corrected chi connectivity index (χ0v) is 13.5. The van der Waals surface area contributed by atoms with Gasteiger partial charge in [0.15, 0.2) is 0 Å². The summed E-state index contributed by atoms with van der Waals surface area (Å²) >= 11 is 6.16. The third kappa shape index (κ3) is 4.17.